The van der Waals surface area contributed by atoms with Crippen molar-refractivity contribution in [3.63, 3.8) is 0 Å². The van der Waals surface area contributed by atoms with E-state index in [2.05, 4.69) is 19.1 Å². The maximum Gasteiger partial charge on any atom is 0.226 e. The molecule has 0 N–H and O–H groups in total. The van der Waals surface area contributed by atoms with E-state index in [0.29, 0.717) is 5.92 Å². The number of hydrogen-bond acceptors (Lipinski definition) is 4. The Morgan fingerprint density at radius 2 is 2.09 bits per heavy atom. The fourth-order valence-corrected chi connectivity index (χ4v) is 5.35. The summed E-state index contributed by atoms with van der Waals surface area (Å²) >= 11 is 1.77. The summed E-state index contributed by atoms with van der Waals surface area (Å²) in [5.41, 5.74) is 0. The number of sulfone groups is 1. The molecular weight excluding hydrogens is 318 g/mol. The van der Waals surface area contributed by atoms with Gasteiger partial charge in [-0.2, -0.15) is 0 Å². The van der Waals surface area contributed by atoms with Crippen LogP contribution >= 0.6 is 11.3 Å². The van der Waals surface area contributed by atoms with Crippen LogP contribution in [0.25, 0.3) is 0 Å². The Morgan fingerprint density at radius 3 is 2.59 bits per heavy atom. The third-order valence-electron chi connectivity index (χ3n) is 4.45. The van der Waals surface area contributed by atoms with E-state index in [4.69, 9.17) is 0 Å². The third-order valence-corrected chi connectivity index (χ3v) is 6.67. The van der Waals surface area contributed by atoms with Crippen molar-refractivity contribution in [2.45, 2.75) is 51.1 Å². The number of amides is 1. The van der Waals surface area contributed by atoms with Crippen molar-refractivity contribution in [3.05, 3.63) is 21.9 Å². The lowest BCUT2D eigenvalue weighted by Crippen LogP contribution is -2.44. The molecule has 3 atom stereocenters. The number of carbonyl (C=O) groups excluding carboxylic acids is 1. The van der Waals surface area contributed by atoms with Crippen LogP contribution in [0.4, 0.5) is 0 Å². The molecule has 0 unspecified atom stereocenters. The fraction of sp³-hybridized carbons (Fsp3) is 0.688. The van der Waals surface area contributed by atoms with Crippen LogP contribution in [0.1, 0.15) is 41.9 Å². The molecule has 1 aromatic heterocycles. The average Bonchev–Trinajstić information content (AvgIpc) is 3.27. The predicted molar refractivity (Wildman–Crippen MR) is 88.9 cm³/mol. The summed E-state index contributed by atoms with van der Waals surface area (Å²) in [6.07, 6.45) is 4.17. The molecule has 1 heterocycles. The maximum atomic E-state index is 12.8. The number of carbonyl (C=O) groups is 1. The molecule has 2 aliphatic rings. The van der Waals surface area contributed by atoms with Gasteiger partial charge in [0.2, 0.25) is 5.91 Å². The highest BCUT2D eigenvalue weighted by Gasteiger charge is 2.50. The van der Waals surface area contributed by atoms with Crippen molar-refractivity contribution in [1.29, 1.82) is 0 Å². The van der Waals surface area contributed by atoms with Crippen LogP contribution in [-0.4, -0.2) is 43.3 Å². The predicted octanol–water partition coefficient (Wildman–Crippen LogP) is 2.58. The lowest BCUT2D eigenvalue weighted by Gasteiger charge is -2.29. The molecule has 4 nitrogen and oxygen atoms in total. The van der Waals surface area contributed by atoms with Gasteiger partial charge in [0.25, 0.3) is 0 Å². The Hall–Kier alpha value is -0.880. The highest BCUT2D eigenvalue weighted by Crippen LogP contribution is 2.51. The highest BCUT2D eigenvalue weighted by molar-refractivity contribution is 7.90. The van der Waals surface area contributed by atoms with Gasteiger partial charge in [-0.3, -0.25) is 4.79 Å². The van der Waals surface area contributed by atoms with Crippen molar-refractivity contribution in [1.82, 2.24) is 4.90 Å². The minimum absolute atomic E-state index is 0.0562. The minimum Gasteiger partial charge on any atom is -0.336 e. The molecule has 1 amide bonds. The molecule has 0 aromatic carbocycles. The number of nitrogens with zero attached hydrogens (tertiary/aromatic N) is 1. The zero-order chi connectivity index (χ0) is 16.1. The first kappa shape index (κ1) is 16.0. The second kappa shape index (κ2) is 5.64. The van der Waals surface area contributed by atoms with Gasteiger partial charge in [0.05, 0.1) is 5.75 Å². The first-order valence-corrected chi connectivity index (χ1v) is 10.7. The van der Waals surface area contributed by atoms with Crippen molar-refractivity contribution in [2.75, 3.05) is 12.0 Å². The molecule has 0 bridgehead atoms. The van der Waals surface area contributed by atoms with Gasteiger partial charge in [0.1, 0.15) is 9.84 Å². The summed E-state index contributed by atoms with van der Waals surface area (Å²) < 4.78 is 23.1. The van der Waals surface area contributed by atoms with Gasteiger partial charge < -0.3 is 4.90 Å². The van der Waals surface area contributed by atoms with Crippen LogP contribution in [0.5, 0.6) is 0 Å². The number of thiophene rings is 1. The number of rotatable bonds is 6. The summed E-state index contributed by atoms with van der Waals surface area (Å²) in [5, 5.41) is 0. The van der Waals surface area contributed by atoms with Crippen LogP contribution in [0.3, 0.4) is 0 Å². The normalized spacial score (nSPS) is 25.8. The average molecular weight is 341 g/mol. The second-order valence-corrected chi connectivity index (χ2v) is 10.3. The minimum atomic E-state index is -3.07. The van der Waals surface area contributed by atoms with Crippen molar-refractivity contribution in [2.24, 2.45) is 5.92 Å². The monoisotopic (exact) mass is 341 g/mol. The topological polar surface area (TPSA) is 54.5 Å². The zero-order valence-electron chi connectivity index (χ0n) is 13.3. The van der Waals surface area contributed by atoms with Crippen LogP contribution in [-0.2, 0) is 14.6 Å². The lowest BCUT2D eigenvalue weighted by molar-refractivity contribution is -0.134. The maximum absolute atomic E-state index is 12.8. The summed E-state index contributed by atoms with van der Waals surface area (Å²) in [5.74, 6) is 0.623. The molecule has 0 radical (unpaired) electrons. The van der Waals surface area contributed by atoms with Crippen molar-refractivity contribution >= 4 is 27.1 Å². The molecule has 0 aliphatic heterocycles. The van der Waals surface area contributed by atoms with Gasteiger partial charge in [0, 0.05) is 39.9 Å². The molecule has 22 heavy (non-hydrogen) atoms. The molecule has 1 aromatic rings. The molecule has 3 rings (SSSR count). The molecule has 2 saturated carbocycles. The number of hydrogen-bond donors (Lipinski definition) is 0. The molecule has 6 heteroatoms. The highest BCUT2D eigenvalue weighted by atomic mass is 32.2. The van der Waals surface area contributed by atoms with E-state index in [0.717, 1.165) is 19.3 Å². The van der Waals surface area contributed by atoms with Gasteiger partial charge in [-0.05, 0) is 45.2 Å². The molecule has 0 saturated heterocycles. The Bertz CT molecular complexity index is 675. The van der Waals surface area contributed by atoms with E-state index < -0.39 is 9.84 Å². The SMILES string of the molecule is Cc1ccc([C@@H]2C[C@@H]2C(=O)N(C2CC2)[C@@H](C)CS(C)(=O)=O)s1. The first-order valence-electron chi connectivity index (χ1n) is 7.82. The quantitative estimate of drug-likeness (QED) is 0.799. The Morgan fingerprint density at radius 1 is 1.41 bits per heavy atom. The zero-order valence-corrected chi connectivity index (χ0v) is 14.9. The molecule has 0 spiro atoms. The summed E-state index contributed by atoms with van der Waals surface area (Å²) in [4.78, 5) is 17.3. The summed E-state index contributed by atoms with van der Waals surface area (Å²) in [7, 11) is -3.07. The van der Waals surface area contributed by atoms with E-state index >= 15 is 0 Å². The Kier molecular flexibility index (Phi) is 4.10. The third kappa shape index (κ3) is 3.54. The van der Waals surface area contributed by atoms with Crippen molar-refractivity contribution < 1.29 is 13.2 Å². The molecular formula is C16H23NO3S2. The fourth-order valence-electron chi connectivity index (χ4n) is 3.25. The van der Waals surface area contributed by atoms with Gasteiger partial charge in [-0.15, -0.1) is 11.3 Å². The van der Waals surface area contributed by atoms with Crippen LogP contribution < -0.4 is 0 Å². The van der Waals surface area contributed by atoms with Gasteiger partial charge in [-0.25, -0.2) is 8.42 Å². The largest absolute Gasteiger partial charge is 0.336 e. The summed E-state index contributed by atoms with van der Waals surface area (Å²) in [6.45, 7) is 3.95. The summed E-state index contributed by atoms with van der Waals surface area (Å²) in [6, 6.07) is 4.27. The Labute approximate surface area is 136 Å². The molecule has 122 valence electrons. The van der Waals surface area contributed by atoms with E-state index in [1.807, 2.05) is 11.8 Å². The van der Waals surface area contributed by atoms with Crippen LogP contribution in [0.15, 0.2) is 12.1 Å². The van der Waals surface area contributed by atoms with E-state index in [1.54, 1.807) is 11.3 Å². The van der Waals surface area contributed by atoms with Gasteiger partial charge in [-0.1, -0.05) is 0 Å². The Balaban J connectivity index is 1.69. The smallest absolute Gasteiger partial charge is 0.226 e. The van der Waals surface area contributed by atoms with Gasteiger partial charge in [0.15, 0.2) is 0 Å². The van der Waals surface area contributed by atoms with E-state index in [1.165, 1.54) is 16.0 Å². The van der Waals surface area contributed by atoms with Crippen LogP contribution in [0.2, 0.25) is 0 Å². The lowest BCUT2D eigenvalue weighted by atomic mass is 10.2. The van der Waals surface area contributed by atoms with Gasteiger partial charge >= 0.3 is 0 Å². The van der Waals surface area contributed by atoms with E-state index in [-0.39, 0.29) is 29.7 Å². The van der Waals surface area contributed by atoms with E-state index in [9.17, 15) is 13.2 Å². The first-order chi connectivity index (χ1) is 10.3. The number of aryl methyl sites for hydroxylation is 1. The molecule has 2 fully saturated rings. The standard InChI is InChI=1S/C16H23NO3S2/c1-10(9-22(3,19)20)17(12-5-6-12)16(18)14-8-13(14)15-7-4-11(2)21-15/h4,7,10,12-14H,5-6,8-9H2,1-3H3/t10-,13+,14-/m0/s1. The molecule has 2 aliphatic carbocycles. The van der Waals surface area contributed by atoms with Crippen LogP contribution in [0, 0.1) is 12.8 Å². The second-order valence-electron chi connectivity index (χ2n) is 6.82. The van der Waals surface area contributed by atoms with Crippen molar-refractivity contribution in [3.8, 4) is 0 Å².